The minimum atomic E-state index is 0.612. The lowest BCUT2D eigenvalue weighted by Crippen LogP contribution is -2.22. The van der Waals surface area contributed by atoms with Gasteiger partial charge in [0.05, 0.1) is 46.2 Å². The minimum Gasteiger partial charge on any atom is -0.382 e. The number of nitrogens with one attached hydrogen (secondary N) is 1. The number of methoxy groups -OCH3 is 1. The van der Waals surface area contributed by atoms with Crippen LogP contribution >= 0.6 is 0 Å². The van der Waals surface area contributed by atoms with E-state index in [1.807, 2.05) is 0 Å². The van der Waals surface area contributed by atoms with Gasteiger partial charge in [0.25, 0.3) is 0 Å². The highest BCUT2D eigenvalue weighted by Crippen LogP contribution is 2.01. The molecule has 0 aliphatic heterocycles. The van der Waals surface area contributed by atoms with Gasteiger partial charge in [0, 0.05) is 13.7 Å². The summed E-state index contributed by atoms with van der Waals surface area (Å²) in [5.41, 5.74) is 0. The molecule has 0 saturated carbocycles. The van der Waals surface area contributed by atoms with Crippen LogP contribution < -0.4 is 5.32 Å². The summed E-state index contributed by atoms with van der Waals surface area (Å²) < 4.78 is 21.0. The first kappa shape index (κ1) is 19.8. The minimum absolute atomic E-state index is 0.612. The van der Waals surface area contributed by atoms with E-state index < -0.39 is 0 Å². The highest BCUT2D eigenvalue weighted by atomic mass is 16.6. The fourth-order valence-corrected chi connectivity index (χ4v) is 1.59. The smallest absolute Gasteiger partial charge is 0.0701 e. The van der Waals surface area contributed by atoms with Crippen LogP contribution in [-0.2, 0) is 18.9 Å². The van der Waals surface area contributed by atoms with E-state index in [9.17, 15) is 0 Å². The molecule has 0 aromatic heterocycles. The third-order valence-corrected chi connectivity index (χ3v) is 2.73. The summed E-state index contributed by atoms with van der Waals surface area (Å²) in [6, 6.07) is 0. The Bertz CT molecular complexity index is 179. The summed E-state index contributed by atoms with van der Waals surface area (Å²) in [5, 5.41) is 3.37. The van der Waals surface area contributed by atoms with Crippen molar-refractivity contribution in [2.45, 2.75) is 26.7 Å². The van der Waals surface area contributed by atoms with E-state index in [0.717, 1.165) is 25.6 Å². The standard InChI is InChI=1S/C15H33NO4/c1-15(2)5-4-6-16-7-8-18-11-12-20-14-13-19-10-9-17-3/h15-16H,4-14H2,1-3H3. The molecule has 0 atom stereocenters. The molecule has 122 valence electrons. The van der Waals surface area contributed by atoms with E-state index in [1.54, 1.807) is 7.11 Å². The summed E-state index contributed by atoms with van der Waals surface area (Å²) in [7, 11) is 1.66. The van der Waals surface area contributed by atoms with E-state index in [-0.39, 0.29) is 0 Å². The predicted octanol–water partition coefficient (Wildman–Crippen LogP) is 1.71. The van der Waals surface area contributed by atoms with Gasteiger partial charge in [-0.3, -0.25) is 0 Å². The number of hydrogen-bond acceptors (Lipinski definition) is 5. The molecule has 5 heteroatoms. The molecule has 0 radical (unpaired) electrons. The molecule has 20 heavy (non-hydrogen) atoms. The van der Waals surface area contributed by atoms with Crippen LogP contribution in [0.25, 0.3) is 0 Å². The zero-order valence-corrected chi connectivity index (χ0v) is 13.5. The second-order valence-electron chi connectivity index (χ2n) is 5.12. The maximum Gasteiger partial charge on any atom is 0.0701 e. The second kappa shape index (κ2) is 16.9. The summed E-state index contributed by atoms with van der Waals surface area (Å²) in [4.78, 5) is 0. The van der Waals surface area contributed by atoms with Crippen LogP contribution in [0.4, 0.5) is 0 Å². The third-order valence-electron chi connectivity index (χ3n) is 2.73. The van der Waals surface area contributed by atoms with Crippen molar-refractivity contribution in [3.05, 3.63) is 0 Å². The molecular weight excluding hydrogens is 258 g/mol. The molecule has 1 N–H and O–H groups in total. The molecule has 0 bridgehead atoms. The van der Waals surface area contributed by atoms with Crippen LogP contribution in [0, 0.1) is 5.92 Å². The van der Waals surface area contributed by atoms with Crippen LogP contribution in [-0.4, -0.2) is 66.4 Å². The van der Waals surface area contributed by atoms with Crippen LogP contribution in [0.2, 0.25) is 0 Å². The molecule has 0 fully saturated rings. The van der Waals surface area contributed by atoms with Gasteiger partial charge in [-0.15, -0.1) is 0 Å². The summed E-state index contributed by atoms with van der Waals surface area (Å²) in [6.45, 7) is 11.0. The average molecular weight is 291 g/mol. The Hall–Kier alpha value is -0.200. The first-order valence-corrected chi connectivity index (χ1v) is 7.70. The Morgan fingerprint density at radius 2 is 1.30 bits per heavy atom. The molecule has 0 aromatic carbocycles. The largest absolute Gasteiger partial charge is 0.382 e. The van der Waals surface area contributed by atoms with E-state index in [0.29, 0.717) is 39.6 Å². The first-order chi connectivity index (χ1) is 9.77. The molecule has 0 spiro atoms. The molecule has 5 nitrogen and oxygen atoms in total. The molecule has 0 rings (SSSR count). The van der Waals surface area contributed by atoms with Crippen LogP contribution in [0.1, 0.15) is 26.7 Å². The molecule has 0 saturated heterocycles. The Balaban J connectivity index is 2.92. The fourth-order valence-electron chi connectivity index (χ4n) is 1.59. The number of rotatable bonds is 16. The van der Waals surface area contributed by atoms with Crippen molar-refractivity contribution in [2.24, 2.45) is 5.92 Å². The van der Waals surface area contributed by atoms with Crippen molar-refractivity contribution >= 4 is 0 Å². The van der Waals surface area contributed by atoms with Crippen LogP contribution in [0.3, 0.4) is 0 Å². The quantitative estimate of drug-likeness (QED) is 0.439. The summed E-state index contributed by atoms with van der Waals surface area (Å²) >= 11 is 0. The predicted molar refractivity (Wildman–Crippen MR) is 81.3 cm³/mol. The highest BCUT2D eigenvalue weighted by molar-refractivity contribution is 4.50. The Kier molecular flexibility index (Phi) is 16.7. The van der Waals surface area contributed by atoms with Gasteiger partial charge in [0.2, 0.25) is 0 Å². The normalized spacial score (nSPS) is 11.4. The molecule has 0 amide bonds. The molecule has 0 aliphatic carbocycles. The van der Waals surface area contributed by atoms with Crippen molar-refractivity contribution in [3.8, 4) is 0 Å². The van der Waals surface area contributed by atoms with E-state index in [4.69, 9.17) is 18.9 Å². The monoisotopic (exact) mass is 291 g/mol. The van der Waals surface area contributed by atoms with Gasteiger partial charge >= 0.3 is 0 Å². The van der Waals surface area contributed by atoms with E-state index in [1.165, 1.54) is 12.8 Å². The van der Waals surface area contributed by atoms with Crippen LogP contribution in [0.15, 0.2) is 0 Å². The molecule has 0 aliphatic rings. The highest BCUT2D eigenvalue weighted by Gasteiger charge is 1.94. The number of hydrogen-bond donors (Lipinski definition) is 1. The number of ether oxygens (including phenoxy) is 4. The lowest BCUT2D eigenvalue weighted by Gasteiger charge is -2.08. The van der Waals surface area contributed by atoms with Crippen molar-refractivity contribution in [2.75, 3.05) is 66.4 Å². The topological polar surface area (TPSA) is 49.0 Å². The lowest BCUT2D eigenvalue weighted by atomic mass is 10.1. The van der Waals surface area contributed by atoms with Gasteiger partial charge in [0.15, 0.2) is 0 Å². The average Bonchev–Trinajstić information content (AvgIpc) is 2.43. The zero-order valence-electron chi connectivity index (χ0n) is 13.5. The lowest BCUT2D eigenvalue weighted by molar-refractivity contribution is 0.00411. The van der Waals surface area contributed by atoms with Gasteiger partial charge in [-0.1, -0.05) is 13.8 Å². The molecule has 0 heterocycles. The Labute approximate surface area is 124 Å². The van der Waals surface area contributed by atoms with Crippen LogP contribution in [0.5, 0.6) is 0 Å². The third kappa shape index (κ3) is 17.8. The summed E-state index contributed by atoms with van der Waals surface area (Å²) in [5.74, 6) is 0.795. The van der Waals surface area contributed by atoms with Gasteiger partial charge in [-0.2, -0.15) is 0 Å². The second-order valence-corrected chi connectivity index (χ2v) is 5.12. The van der Waals surface area contributed by atoms with Gasteiger partial charge in [-0.25, -0.2) is 0 Å². The Morgan fingerprint density at radius 3 is 1.85 bits per heavy atom. The fraction of sp³-hybridized carbons (Fsp3) is 1.00. The molecule has 0 aromatic rings. The molecular formula is C15H33NO4. The van der Waals surface area contributed by atoms with Gasteiger partial charge in [-0.05, 0) is 25.3 Å². The molecule has 0 unspecified atom stereocenters. The van der Waals surface area contributed by atoms with E-state index in [2.05, 4.69) is 19.2 Å². The maximum atomic E-state index is 5.46. The SMILES string of the molecule is COCCOCCOCCOCCNCCCC(C)C. The van der Waals surface area contributed by atoms with Gasteiger partial charge in [0.1, 0.15) is 0 Å². The van der Waals surface area contributed by atoms with E-state index >= 15 is 0 Å². The van der Waals surface area contributed by atoms with Crippen molar-refractivity contribution in [1.82, 2.24) is 5.32 Å². The zero-order chi connectivity index (χ0) is 14.9. The Morgan fingerprint density at radius 1 is 0.750 bits per heavy atom. The van der Waals surface area contributed by atoms with Crippen molar-refractivity contribution < 1.29 is 18.9 Å². The van der Waals surface area contributed by atoms with Gasteiger partial charge < -0.3 is 24.3 Å². The maximum absolute atomic E-state index is 5.46. The van der Waals surface area contributed by atoms with Crippen molar-refractivity contribution in [1.29, 1.82) is 0 Å². The van der Waals surface area contributed by atoms with Crippen molar-refractivity contribution in [3.63, 3.8) is 0 Å². The summed E-state index contributed by atoms with van der Waals surface area (Å²) in [6.07, 6.45) is 2.53. The first-order valence-electron chi connectivity index (χ1n) is 7.70.